The predicted molar refractivity (Wildman–Crippen MR) is 74.9 cm³/mol. The fraction of sp³-hybridized carbons (Fsp3) is 0.571. The molecular weight excluding hydrogens is 260 g/mol. The molecule has 0 amide bonds. The summed E-state index contributed by atoms with van der Waals surface area (Å²) in [5.41, 5.74) is 0.999. The standard InChI is InChI=1S/C14H20N2O4/c1-2-15-8-11-3-4-13(16(17)18)14(7-11)20-10-12-5-6-19-9-12/h3-4,7,12,15H,2,5-6,8-10H2,1H3. The van der Waals surface area contributed by atoms with Crippen LogP contribution in [-0.2, 0) is 11.3 Å². The van der Waals surface area contributed by atoms with Crippen molar-refractivity contribution in [1.82, 2.24) is 5.32 Å². The van der Waals surface area contributed by atoms with E-state index in [4.69, 9.17) is 9.47 Å². The zero-order valence-corrected chi connectivity index (χ0v) is 11.6. The van der Waals surface area contributed by atoms with E-state index < -0.39 is 4.92 Å². The fourth-order valence-electron chi connectivity index (χ4n) is 2.13. The Bertz CT molecular complexity index is 458. The van der Waals surface area contributed by atoms with Crippen molar-refractivity contribution in [2.24, 2.45) is 5.92 Å². The van der Waals surface area contributed by atoms with Gasteiger partial charge in [0.2, 0.25) is 0 Å². The Hall–Kier alpha value is -1.66. The third-order valence-electron chi connectivity index (χ3n) is 3.30. The van der Waals surface area contributed by atoms with Crippen molar-refractivity contribution in [3.8, 4) is 5.75 Å². The zero-order chi connectivity index (χ0) is 14.4. The van der Waals surface area contributed by atoms with Gasteiger partial charge < -0.3 is 14.8 Å². The van der Waals surface area contributed by atoms with Crippen LogP contribution in [0.4, 0.5) is 5.69 Å². The molecule has 1 saturated heterocycles. The molecular formula is C14H20N2O4. The fourth-order valence-corrected chi connectivity index (χ4v) is 2.13. The van der Waals surface area contributed by atoms with Gasteiger partial charge in [0.15, 0.2) is 5.75 Å². The summed E-state index contributed by atoms with van der Waals surface area (Å²) in [6.45, 7) is 5.43. The molecule has 0 aromatic heterocycles. The molecule has 1 N–H and O–H groups in total. The second-order valence-electron chi connectivity index (χ2n) is 4.88. The van der Waals surface area contributed by atoms with E-state index in [9.17, 15) is 10.1 Å². The molecule has 6 heteroatoms. The van der Waals surface area contributed by atoms with Crippen LogP contribution in [0.15, 0.2) is 18.2 Å². The van der Waals surface area contributed by atoms with Gasteiger partial charge in [0.1, 0.15) is 0 Å². The van der Waals surface area contributed by atoms with E-state index in [-0.39, 0.29) is 5.69 Å². The van der Waals surface area contributed by atoms with Gasteiger partial charge in [0, 0.05) is 25.1 Å². The second-order valence-corrected chi connectivity index (χ2v) is 4.88. The highest BCUT2D eigenvalue weighted by atomic mass is 16.6. The van der Waals surface area contributed by atoms with Crippen LogP contribution in [0.5, 0.6) is 5.75 Å². The first kappa shape index (κ1) is 14.7. The lowest BCUT2D eigenvalue weighted by molar-refractivity contribution is -0.385. The van der Waals surface area contributed by atoms with Crippen LogP contribution in [0.1, 0.15) is 18.9 Å². The Morgan fingerprint density at radius 3 is 3.05 bits per heavy atom. The first-order chi connectivity index (χ1) is 9.70. The molecule has 0 bridgehead atoms. The summed E-state index contributed by atoms with van der Waals surface area (Å²) < 4.78 is 10.9. The number of hydrogen-bond donors (Lipinski definition) is 1. The summed E-state index contributed by atoms with van der Waals surface area (Å²) in [6, 6.07) is 5.01. The van der Waals surface area contributed by atoms with Gasteiger partial charge in [-0.2, -0.15) is 0 Å². The number of rotatable bonds is 7. The molecule has 20 heavy (non-hydrogen) atoms. The minimum absolute atomic E-state index is 0.0177. The Morgan fingerprint density at radius 1 is 1.55 bits per heavy atom. The molecule has 1 aliphatic rings. The largest absolute Gasteiger partial charge is 0.486 e. The summed E-state index contributed by atoms with van der Waals surface area (Å²) in [4.78, 5) is 10.6. The van der Waals surface area contributed by atoms with Crippen molar-refractivity contribution >= 4 is 5.69 Å². The Kier molecular flexibility index (Phi) is 5.31. The minimum Gasteiger partial charge on any atom is -0.486 e. The Morgan fingerprint density at radius 2 is 2.40 bits per heavy atom. The van der Waals surface area contributed by atoms with Crippen LogP contribution in [0, 0.1) is 16.0 Å². The van der Waals surface area contributed by atoms with Crippen molar-refractivity contribution < 1.29 is 14.4 Å². The van der Waals surface area contributed by atoms with Gasteiger partial charge in [-0.3, -0.25) is 10.1 Å². The van der Waals surface area contributed by atoms with E-state index in [1.165, 1.54) is 6.07 Å². The maximum atomic E-state index is 11.0. The molecule has 110 valence electrons. The lowest BCUT2D eigenvalue weighted by Gasteiger charge is -2.12. The summed E-state index contributed by atoms with van der Waals surface area (Å²) in [5, 5.41) is 14.2. The maximum absolute atomic E-state index is 11.0. The number of hydrogen-bond acceptors (Lipinski definition) is 5. The molecule has 1 atom stereocenters. The average Bonchev–Trinajstić information content (AvgIpc) is 2.96. The highest BCUT2D eigenvalue weighted by Crippen LogP contribution is 2.29. The first-order valence-corrected chi connectivity index (χ1v) is 6.89. The van der Waals surface area contributed by atoms with Gasteiger partial charge in [-0.25, -0.2) is 0 Å². The highest BCUT2D eigenvalue weighted by molar-refractivity contribution is 5.48. The van der Waals surface area contributed by atoms with Crippen LogP contribution < -0.4 is 10.1 Å². The normalized spacial score (nSPS) is 18.1. The van der Waals surface area contributed by atoms with Gasteiger partial charge in [0.25, 0.3) is 0 Å². The Labute approximate surface area is 118 Å². The number of nitro groups is 1. The van der Waals surface area contributed by atoms with Crippen LogP contribution in [0.25, 0.3) is 0 Å². The van der Waals surface area contributed by atoms with Crippen molar-refractivity contribution in [2.45, 2.75) is 19.9 Å². The third-order valence-corrected chi connectivity index (χ3v) is 3.30. The highest BCUT2D eigenvalue weighted by Gasteiger charge is 2.20. The van der Waals surface area contributed by atoms with Crippen molar-refractivity contribution in [3.63, 3.8) is 0 Å². The molecule has 1 aromatic carbocycles. The lowest BCUT2D eigenvalue weighted by Crippen LogP contribution is -2.14. The molecule has 1 aliphatic heterocycles. The topological polar surface area (TPSA) is 73.6 Å². The predicted octanol–water partition coefficient (Wildman–Crippen LogP) is 2.12. The monoisotopic (exact) mass is 280 g/mol. The molecule has 0 spiro atoms. The number of nitrogens with one attached hydrogen (secondary N) is 1. The van der Waals surface area contributed by atoms with Gasteiger partial charge in [0.05, 0.1) is 18.1 Å². The van der Waals surface area contributed by atoms with Crippen molar-refractivity contribution in [2.75, 3.05) is 26.4 Å². The molecule has 1 unspecified atom stereocenters. The molecule has 0 saturated carbocycles. The van der Waals surface area contributed by atoms with Crippen LogP contribution >= 0.6 is 0 Å². The van der Waals surface area contributed by atoms with Gasteiger partial charge in [-0.15, -0.1) is 0 Å². The number of nitrogens with zero attached hydrogens (tertiary/aromatic N) is 1. The number of benzene rings is 1. The third kappa shape index (κ3) is 3.91. The molecule has 0 aliphatic carbocycles. The van der Waals surface area contributed by atoms with Gasteiger partial charge in [-0.1, -0.05) is 13.0 Å². The van der Waals surface area contributed by atoms with E-state index in [1.54, 1.807) is 12.1 Å². The quantitative estimate of drug-likeness (QED) is 0.611. The first-order valence-electron chi connectivity index (χ1n) is 6.89. The second kappa shape index (κ2) is 7.21. The summed E-state index contributed by atoms with van der Waals surface area (Å²) in [6.07, 6.45) is 0.949. The molecule has 2 rings (SSSR count). The number of ether oxygens (including phenoxy) is 2. The van der Waals surface area contributed by atoms with Crippen LogP contribution in [0.3, 0.4) is 0 Å². The van der Waals surface area contributed by atoms with E-state index in [0.29, 0.717) is 31.4 Å². The smallest absolute Gasteiger partial charge is 0.310 e. The molecule has 6 nitrogen and oxygen atoms in total. The zero-order valence-electron chi connectivity index (χ0n) is 11.6. The average molecular weight is 280 g/mol. The van der Waals surface area contributed by atoms with E-state index >= 15 is 0 Å². The van der Waals surface area contributed by atoms with E-state index in [1.807, 2.05) is 6.92 Å². The number of nitro benzene ring substituents is 1. The summed E-state index contributed by atoms with van der Waals surface area (Å²) >= 11 is 0. The maximum Gasteiger partial charge on any atom is 0.310 e. The molecule has 0 radical (unpaired) electrons. The molecule has 1 fully saturated rings. The van der Waals surface area contributed by atoms with E-state index in [0.717, 1.165) is 25.1 Å². The Balaban J connectivity index is 2.06. The van der Waals surface area contributed by atoms with Crippen molar-refractivity contribution in [1.29, 1.82) is 0 Å². The molecule has 1 aromatic rings. The minimum atomic E-state index is -0.405. The van der Waals surface area contributed by atoms with Gasteiger partial charge in [-0.05, 0) is 24.6 Å². The lowest BCUT2D eigenvalue weighted by atomic mass is 10.1. The summed E-state index contributed by atoms with van der Waals surface area (Å²) in [5.74, 6) is 0.671. The molecule has 1 heterocycles. The van der Waals surface area contributed by atoms with Crippen molar-refractivity contribution in [3.05, 3.63) is 33.9 Å². The van der Waals surface area contributed by atoms with Gasteiger partial charge >= 0.3 is 5.69 Å². The summed E-state index contributed by atoms with van der Waals surface area (Å²) in [7, 11) is 0. The van der Waals surface area contributed by atoms with E-state index in [2.05, 4.69) is 5.32 Å². The van der Waals surface area contributed by atoms with Crippen LogP contribution in [0.2, 0.25) is 0 Å². The van der Waals surface area contributed by atoms with Crippen LogP contribution in [-0.4, -0.2) is 31.3 Å². The SMILES string of the molecule is CCNCc1ccc([N+](=O)[O-])c(OCC2CCOC2)c1.